The van der Waals surface area contributed by atoms with E-state index in [1.807, 2.05) is 0 Å². The predicted octanol–water partition coefficient (Wildman–Crippen LogP) is 3.62. The van der Waals surface area contributed by atoms with Crippen molar-refractivity contribution < 1.29 is 13.7 Å². The summed E-state index contributed by atoms with van der Waals surface area (Å²) in [6.07, 6.45) is 0. The number of hydrogen-bond donors (Lipinski definition) is 1. The highest BCUT2D eigenvalue weighted by atomic mass is 19.1. The average Bonchev–Trinajstić information content (AvgIpc) is 2.80. The molecule has 0 unspecified atom stereocenters. The molecule has 1 aromatic heterocycles. The van der Waals surface area contributed by atoms with Gasteiger partial charge in [-0.3, -0.25) is 10.1 Å². The van der Waals surface area contributed by atoms with Crippen molar-refractivity contribution in [2.45, 2.75) is 0 Å². The van der Waals surface area contributed by atoms with E-state index in [0.29, 0.717) is 11.1 Å². The number of aromatic nitrogens is 1. The summed E-state index contributed by atoms with van der Waals surface area (Å²) in [4.78, 5) is 14.4. The Hall–Kier alpha value is -2.96. The third kappa shape index (κ3) is 2.16. The number of oxazole rings is 1. The van der Waals surface area contributed by atoms with Gasteiger partial charge in [-0.15, -0.1) is 0 Å². The van der Waals surface area contributed by atoms with Gasteiger partial charge in [0.1, 0.15) is 17.0 Å². The third-order valence-corrected chi connectivity index (χ3v) is 2.69. The second-order valence-electron chi connectivity index (χ2n) is 4.03. The fourth-order valence-corrected chi connectivity index (χ4v) is 1.81. The zero-order valence-corrected chi connectivity index (χ0v) is 10.0. The van der Waals surface area contributed by atoms with Crippen LogP contribution >= 0.6 is 0 Å². The van der Waals surface area contributed by atoms with E-state index in [-0.39, 0.29) is 17.4 Å². The van der Waals surface area contributed by atoms with Crippen molar-refractivity contribution in [2.75, 3.05) is 5.32 Å². The van der Waals surface area contributed by atoms with Crippen LogP contribution in [0.4, 0.5) is 21.8 Å². The molecule has 1 heterocycles. The van der Waals surface area contributed by atoms with Crippen molar-refractivity contribution in [2.24, 2.45) is 0 Å². The lowest BCUT2D eigenvalue weighted by molar-refractivity contribution is -0.383. The lowest BCUT2D eigenvalue weighted by atomic mass is 10.3. The van der Waals surface area contributed by atoms with Crippen molar-refractivity contribution in [3.8, 4) is 0 Å². The predicted molar refractivity (Wildman–Crippen MR) is 70.3 cm³/mol. The highest BCUT2D eigenvalue weighted by molar-refractivity contribution is 5.76. The summed E-state index contributed by atoms with van der Waals surface area (Å²) in [5.41, 5.74) is 0.893. The maximum atomic E-state index is 13.1. The molecule has 100 valence electrons. The monoisotopic (exact) mass is 273 g/mol. The number of benzene rings is 2. The largest absolute Gasteiger partial charge is 0.423 e. The molecular weight excluding hydrogens is 265 g/mol. The van der Waals surface area contributed by atoms with Crippen molar-refractivity contribution in [1.82, 2.24) is 4.98 Å². The minimum atomic E-state index is -0.509. The van der Waals surface area contributed by atoms with Crippen molar-refractivity contribution in [1.29, 1.82) is 0 Å². The van der Waals surface area contributed by atoms with Crippen molar-refractivity contribution >= 4 is 28.5 Å². The fourth-order valence-electron chi connectivity index (χ4n) is 1.81. The van der Waals surface area contributed by atoms with Crippen LogP contribution in [0.25, 0.3) is 11.1 Å². The summed E-state index contributed by atoms with van der Waals surface area (Å²) in [5.74, 6) is -0.428. The summed E-state index contributed by atoms with van der Waals surface area (Å²) in [7, 11) is 0. The van der Waals surface area contributed by atoms with Crippen LogP contribution in [0.2, 0.25) is 0 Å². The van der Waals surface area contributed by atoms with Gasteiger partial charge in [-0.05, 0) is 18.2 Å². The summed E-state index contributed by atoms with van der Waals surface area (Å²) in [6, 6.07) is 10.1. The Kier molecular flexibility index (Phi) is 2.79. The minimum Gasteiger partial charge on any atom is -0.423 e. The molecule has 20 heavy (non-hydrogen) atoms. The van der Waals surface area contributed by atoms with Gasteiger partial charge in [0.25, 0.3) is 11.7 Å². The van der Waals surface area contributed by atoms with Crippen molar-refractivity contribution in [3.63, 3.8) is 0 Å². The molecule has 3 aromatic rings. The lowest BCUT2D eigenvalue weighted by Crippen LogP contribution is -1.96. The number of nitrogens with one attached hydrogen (secondary N) is 1. The van der Waals surface area contributed by atoms with E-state index < -0.39 is 10.7 Å². The van der Waals surface area contributed by atoms with Crippen molar-refractivity contribution in [3.05, 3.63) is 58.4 Å². The summed E-state index contributed by atoms with van der Waals surface area (Å²) in [5, 5.41) is 13.6. The number of nitro benzene ring substituents is 1. The van der Waals surface area contributed by atoms with Gasteiger partial charge < -0.3 is 9.73 Å². The normalized spacial score (nSPS) is 10.7. The number of nitro groups is 1. The Bertz CT molecular complexity index is 800. The number of halogens is 1. The molecule has 0 fully saturated rings. The maximum absolute atomic E-state index is 13.1. The van der Waals surface area contributed by atoms with Crippen LogP contribution in [0.5, 0.6) is 0 Å². The molecule has 6 nitrogen and oxygen atoms in total. The van der Waals surface area contributed by atoms with Crippen LogP contribution in [0.3, 0.4) is 0 Å². The van der Waals surface area contributed by atoms with E-state index in [9.17, 15) is 14.5 Å². The van der Waals surface area contributed by atoms with E-state index >= 15 is 0 Å². The molecule has 0 saturated heterocycles. The maximum Gasteiger partial charge on any atom is 0.300 e. The van der Waals surface area contributed by atoms with Gasteiger partial charge in [0.2, 0.25) is 0 Å². The van der Waals surface area contributed by atoms with Crippen LogP contribution < -0.4 is 5.32 Å². The number of anilines is 2. The molecule has 7 heteroatoms. The standard InChI is InChI=1S/C13H8FN3O3/c14-8-5-6-12-10(7-8)16-13(20-12)15-9-3-1-2-4-11(9)17(18)19/h1-7H,(H,15,16). The first kappa shape index (κ1) is 12.1. The molecule has 0 aliphatic heterocycles. The molecule has 1 N–H and O–H groups in total. The Morgan fingerprint density at radius 3 is 2.85 bits per heavy atom. The Morgan fingerprint density at radius 2 is 2.05 bits per heavy atom. The smallest absolute Gasteiger partial charge is 0.300 e. The summed E-state index contributed by atoms with van der Waals surface area (Å²) in [6.45, 7) is 0. The zero-order chi connectivity index (χ0) is 14.1. The molecule has 0 atom stereocenters. The minimum absolute atomic E-state index is 0.0694. The molecule has 0 saturated carbocycles. The topological polar surface area (TPSA) is 81.2 Å². The second-order valence-corrected chi connectivity index (χ2v) is 4.03. The molecule has 0 bridgehead atoms. The van der Waals surface area contributed by atoms with E-state index in [1.165, 1.54) is 30.3 Å². The first-order valence-electron chi connectivity index (χ1n) is 5.70. The average molecular weight is 273 g/mol. The van der Waals surface area contributed by atoms with Crippen LogP contribution in [-0.4, -0.2) is 9.91 Å². The molecule has 0 radical (unpaired) electrons. The molecule has 0 aliphatic carbocycles. The van der Waals surface area contributed by atoms with Gasteiger partial charge in [0.15, 0.2) is 5.58 Å². The molecule has 3 rings (SSSR count). The highest BCUT2D eigenvalue weighted by Crippen LogP contribution is 2.28. The van der Waals surface area contributed by atoms with Gasteiger partial charge in [0, 0.05) is 12.1 Å². The Labute approximate surface area is 112 Å². The SMILES string of the molecule is O=[N+]([O-])c1ccccc1Nc1nc2cc(F)ccc2o1. The number of fused-ring (bicyclic) bond motifs is 1. The number of hydrogen-bond acceptors (Lipinski definition) is 5. The van der Waals surface area contributed by atoms with E-state index in [2.05, 4.69) is 10.3 Å². The summed E-state index contributed by atoms with van der Waals surface area (Å²) >= 11 is 0. The number of nitrogens with zero attached hydrogens (tertiary/aromatic N) is 2. The van der Waals surface area contributed by atoms with Gasteiger partial charge in [-0.1, -0.05) is 12.1 Å². The van der Waals surface area contributed by atoms with Crippen LogP contribution in [0, 0.1) is 15.9 Å². The molecule has 0 spiro atoms. The van der Waals surface area contributed by atoms with Gasteiger partial charge in [-0.25, -0.2) is 4.39 Å². The van der Waals surface area contributed by atoms with Gasteiger partial charge >= 0.3 is 0 Å². The first-order valence-corrected chi connectivity index (χ1v) is 5.70. The Balaban J connectivity index is 1.99. The van der Waals surface area contributed by atoms with Gasteiger partial charge in [-0.2, -0.15) is 4.98 Å². The lowest BCUT2D eigenvalue weighted by Gasteiger charge is -2.01. The van der Waals surface area contributed by atoms with E-state index in [1.54, 1.807) is 12.1 Å². The number of para-hydroxylation sites is 2. The van der Waals surface area contributed by atoms with Crippen LogP contribution in [0.15, 0.2) is 46.9 Å². The summed E-state index contributed by atoms with van der Waals surface area (Å²) < 4.78 is 18.4. The third-order valence-electron chi connectivity index (χ3n) is 2.69. The Morgan fingerprint density at radius 1 is 1.25 bits per heavy atom. The van der Waals surface area contributed by atoms with E-state index in [0.717, 1.165) is 0 Å². The van der Waals surface area contributed by atoms with Crippen LogP contribution in [-0.2, 0) is 0 Å². The molecular formula is C13H8FN3O3. The van der Waals surface area contributed by atoms with Gasteiger partial charge in [0.05, 0.1) is 4.92 Å². The molecule has 0 amide bonds. The first-order chi connectivity index (χ1) is 9.63. The zero-order valence-electron chi connectivity index (χ0n) is 10.0. The molecule has 2 aromatic carbocycles. The highest BCUT2D eigenvalue weighted by Gasteiger charge is 2.15. The quantitative estimate of drug-likeness (QED) is 0.582. The van der Waals surface area contributed by atoms with Crippen LogP contribution in [0.1, 0.15) is 0 Å². The number of rotatable bonds is 3. The second kappa shape index (κ2) is 4.61. The van der Waals surface area contributed by atoms with E-state index in [4.69, 9.17) is 4.42 Å². The fraction of sp³-hybridized carbons (Fsp3) is 0. The molecule has 0 aliphatic rings.